The Hall–Kier alpha value is -2.76. The van der Waals surface area contributed by atoms with Crippen molar-refractivity contribution in [1.29, 1.82) is 0 Å². The molecule has 1 amide bonds. The molecule has 2 fully saturated rings. The molecule has 0 spiro atoms. The Labute approximate surface area is 222 Å². The molecule has 0 saturated carbocycles. The molecular weight excluding hydrogens is 486 g/mol. The second-order valence-electron chi connectivity index (χ2n) is 10.2. The van der Waals surface area contributed by atoms with Crippen molar-refractivity contribution < 1.29 is 4.79 Å². The summed E-state index contributed by atoms with van der Waals surface area (Å²) in [6.07, 6.45) is 4.82. The van der Waals surface area contributed by atoms with Crippen LogP contribution in [0.4, 0.5) is 17.6 Å². The number of H-pyrrole nitrogens is 1. The van der Waals surface area contributed by atoms with E-state index in [4.69, 9.17) is 9.97 Å². The Morgan fingerprint density at radius 3 is 2.73 bits per heavy atom. The van der Waals surface area contributed by atoms with Crippen molar-refractivity contribution in [3.63, 3.8) is 0 Å². The number of aromatic amines is 1. The van der Waals surface area contributed by atoms with Crippen LogP contribution in [-0.4, -0.2) is 86.7 Å². The van der Waals surface area contributed by atoms with Crippen LogP contribution in [0.15, 0.2) is 17.5 Å². The molecule has 4 N–H and O–H groups in total. The first-order valence-corrected chi connectivity index (χ1v) is 14.5. The first-order valence-electron chi connectivity index (χ1n) is 13.6. The van der Waals surface area contributed by atoms with Gasteiger partial charge in [0.2, 0.25) is 11.9 Å². The lowest BCUT2D eigenvalue weighted by Crippen LogP contribution is -2.57. The highest BCUT2D eigenvalue weighted by atomic mass is 32.1. The lowest BCUT2D eigenvalue weighted by Gasteiger charge is -2.46. The summed E-state index contributed by atoms with van der Waals surface area (Å²) in [6, 6.07) is 4.66. The molecule has 5 rings (SSSR count). The average molecular weight is 526 g/mol. The van der Waals surface area contributed by atoms with Crippen LogP contribution in [0.25, 0.3) is 10.2 Å². The smallest absolute Gasteiger partial charge is 0.237 e. The maximum absolute atomic E-state index is 13.5. The van der Waals surface area contributed by atoms with Crippen molar-refractivity contribution in [2.75, 3.05) is 43.4 Å². The number of anilines is 3. The number of piperidine rings is 1. The van der Waals surface area contributed by atoms with Gasteiger partial charge in [-0.15, -0.1) is 11.3 Å². The lowest BCUT2D eigenvalue weighted by molar-refractivity contribution is -0.140. The number of aryl methyl sites for hydroxylation is 1. The SMILES string of the molecule is CCCC1CC(Nc2nc(Nc3cc(C)[nH]n3)c3ccsc3n2)CC(CC)N1C(=O)CN1CCNCC1. The van der Waals surface area contributed by atoms with E-state index >= 15 is 0 Å². The van der Waals surface area contributed by atoms with Gasteiger partial charge in [0.25, 0.3) is 0 Å². The molecule has 0 aromatic carbocycles. The average Bonchev–Trinajstić information content (AvgIpc) is 3.53. The topological polar surface area (TPSA) is 114 Å². The number of carbonyl (C=O) groups excluding carboxylic acids is 1. The van der Waals surface area contributed by atoms with Gasteiger partial charge in [-0.05, 0) is 44.1 Å². The van der Waals surface area contributed by atoms with Gasteiger partial charge in [-0.1, -0.05) is 20.3 Å². The van der Waals surface area contributed by atoms with Gasteiger partial charge in [-0.3, -0.25) is 14.8 Å². The number of hydrogen-bond donors (Lipinski definition) is 4. The number of fused-ring (bicyclic) bond motifs is 1. The van der Waals surface area contributed by atoms with Crippen molar-refractivity contribution in [3.05, 3.63) is 23.2 Å². The van der Waals surface area contributed by atoms with Gasteiger partial charge >= 0.3 is 0 Å². The molecule has 3 atom stereocenters. The van der Waals surface area contributed by atoms with Gasteiger partial charge in [-0.25, -0.2) is 4.98 Å². The minimum absolute atomic E-state index is 0.211. The summed E-state index contributed by atoms with van der Waals surface area (Å²) in [6.45, 7) is 10.7. The highest BCUT2D eigenvalue weighted by molar-refractivity contribution is 7.16. The molecule has 2 aliphatic heterocycles. The van der Waals surface area contributed by atoms with Crippen LogP contribution in [0.5, 0.6) is 0 Å². The van der Waals surface area contributed by atoms with E-state index < -0.39 is 0 Å². The maximum atomic E-state index is 13.5. The zero-order chi connectivity index (χ0) is 25.8. The summed E-state index contributed by atoms with van der Waals surface area (Å²) in [5, 5.41) is 20.7. The van der Waals surface area contributed by atoms with E-state index in [1.54, 1.807) is 11.3 Å². The summed E-state index contributed by atoms with van der Waals surface area (Å²) >= 11 is 1.61. The minimum atomic E-state index is 0.211. The predicted octanol–water partition coefficient (Wildman–Crippen LogP) is 3.72. The molecule has 5 heterocycles. The zero-order valence-corrected chi connectivity index (χ0v) is 22.9. The van der Waals surface area contributed by atoms with Crippen molar-refractivity contribution in [1.82, 2.24) is 35.3 Å². The van der Waals surface area contributed by atoms with Gasteiger partial charge in [0.1, 0.15) is 10.6 Å². The molecule has 2 aliphatic rings. The fourth-order valence-corrected chi connectivity index (χ4v) is 6.46. The number of nitrogens with zero attached hydrogens (tertiary/aromatic N) is 5. The third kappa shape index (κ3) is 6.05. The Morgan fingerprint density at radius 1 is 1.19 bits per heavy atom. The van der Waals surface area contributed by atoms with Gasteiger partial charge in [0, 0.05) is 56.1 Å². The summed E-state index contributed by atoms with van der Waals surface area (Å²) in [5.74, 6) is 2.39. The van der Waals surface area contributed by atoms with Crippen LogP contribution in [0.2, 0.25) is 0 Å². The van der Waals surface area contributed by atoms with Crippen LogP contribution in [0, 0.1) is 6.92 Å². The Kier molecular flexibility index (Phi) is 8.21. The van der Waals surface area contributed by atoms with E-state index in [1.165, 1.54) is 0 Å². The number of amides is 1. The quantitative estimate of drug-likeness (QED) is 0.334. The molecule has 0 bridgehead atoms. The Morgan fingerprint density at radius 2 is 2.00 bits per heavy atom. The first-order chi connectivity index (χ1) is 18.0. The summed E-state index contributed by atoms with van der Waals surface area (Å²) in [5.41, 5.74) is 0.988. The molecule has 2 saturated heterocycles. The van der Waals surface area contributed by atoms with Crippen LogP contribution < -0.4 is 16.0 Å². The largest absolute Gasteiger partial charge is 0.351 e. The van der Waals surface area contributed by atoms with Crippen LogP contribution in [-0.2, 0) is 4.79 Å². The van der Waals surface area contributed by atoms with E-state index in [1.807, 2.05) is 24.4 Å². The molecule has 3 unspecified atom stereocenters. The number of thiophene rings is 1. The molecule has 200 valence electrons. The van der Waals surface area contributed by atoms with E-state index in [9.17, 15) is 4.79 Å². The Balaban J connectivity index is 1.32. The number of carbonyl (C=O) groups is 1. The molecule has 10 nitrogen and oxygen atoms in total. The number of likely N-dealkylation sites (tertiary alicyclic amines) is 1. The van der Waals surface area contributed by atoms with Crippen LogP contribution in [0.1, 0.15) is 51.6 Å². The molecule has 0 radical (unpaired) electrons. The van der Waals surface area contributed by atoms with Crippen LogP contribution >= 0.6 is 11.3 Å². The molecule has 11 heteroatoms. The van der Waals surface area contributed by atoms with Gasteiger partial charge in [0.15, 0.2) is 5.82 Å². The van der Waals surface area contributed by atoms with E-state index in [0.717, 1.165) is 85.8 Å². The number of aromatic nitrogens is 4. The van der Waals surface area contributed by atoms with Crippen molar-refractivity contribution >= 4 is 45.0 Å². The van der Waals surface area contributed by atoms with Gasteiger partial charge in [-0.2, -0.15) is 10.1 Å². The predicted molar refractivity (Wildman–Crippen MR) is 150 cm³/mol. The third-order valence-corrected chi connectivity index (χ3v) is 8.27. The first kappa shape index (κ1) is 25.9. The number of hydrogen-bond acceptors (Lipinski definition) is 9. The lowest BCUT2D eigenvalue weighted by atomic mass is 9.87. The van der Waals surface area contributed by atoms with E-state index in [2.05, 4.69) is 49.8 Å². The highest BCUT2D eigenvalue weighted by Gasteiger charge is 2.38. The fraction of sp³-hybridized carbons (Fsp3) is 0.615. The van der Waals surface area contributed by atoms with Crippen molar-refractivity contribution in [2.45, 2.75) is 71.0 Å². The number of nitrogens with one attached hydrogen (secondary N) is 4. The molecular formula is C26H39N9OS. The fourth-order valence-electron chi connectivity index (χ4n) is 5.70. The second kappa shape index (κ2) is 11.7. The number of piperazine rings is 1. The second-order valence-corrected chi connectivity index (χ2v) is 11.1. The Bertz CT molecular complexity index is 1190. The van der Waals surface area contributed by atoms with E-state index in [0.29, 0.717) is 12.5 Å². The standard InChI is InChI=1S/C26H39N9OS/c1-4-6-20-15-18(14-19(5-2)35(20)23(36)16-34-10-8-27-9-11-34)28-26-30-24(21-7-12-37-25(21)31-26)29-22-13-17(3)32-33-22/h7,12-13,18-20,27H,4-6,8-11,14-16H2,1-3H3,(H3,28,29,30,31,32,33). The molecule has 37 heavy (non-hydrogen) atoms. The molecule has 3 aromatic heterocycles. The van der Waals surface area contributed by atoms with Crippen LogP contribution in [0.3, 0.4) is 0 Å². The normalized spacial score (nSPS) is 22.9. The number of rotatable bonds is 9. The maximum Gasteiger partial charge on any atom is 0.237 e. The summed E-state index contributed by atoms with van der Waals surface area (Å²) < 4.78 is 0. The minimum Gasteiger partial charge on any atom is -0.351 e. The summed E-state index contributed by atoms with van der Waals surface area (Å²) in [4.78, 5) is 28.7. The van der Waals surface area contributed by atoms with Gasteiger partial charge in [0.05, 0.1) is 11.9 Å². The summed E-state index contributed by atoms with van der Waals surface area (Å²) in [7, 11) is 0. The third-order valence-electron chi connectivity index (χ3n) is 7.46. The van der Waals surface area contributed by atoms with E-state index in [-0.39, 0.29) is 24.0 Å². The van der Waals surface area contributed by atoms with Gasteiger partial charge < -0.3 is 20.9 Å². The highest BCUT2D eigenvalue weighted by Crippen LogP contribution is 2.32. The molecule has 0 aliphatic carbocycles. The zero-order valence-electron chi connectivity index (χ0n) is 22.1. The molecule has 3 aromatic rings. The van der Waals surface area contributed by atoms with Crippen molar-refractivity contribution in [3.8, 4) is 0 Å². The monoisotopic (exact) mass is 525 g/mol. The van der Waals surface area contributed by atoms with Crippen molar-refractivity contribution in [2.24, 2.45) is 0 Å².